The Labute approximate surface area is 114 Å². The van der Waals surface area contributed by atoms with Crippen molar-refractivity contribution in [2.75, 3.05) is 0 Å². The normalized spacial score (nSPS) is 10.5. The van der Waals surface area contributed by atoms with Gasteiger partial charge in [0.25, 0.3) is 0 Å². The van der Waals surface area contributed by atoms with E-state index < -0.39 is 0 Å². The Balaban J connectivity index is 2.17. The number of thiophene rings is 1. The van der Waals surface area contributed by atoms with Crippen LogP contribution in [-0.4, -0.2) is 5.78 Å². The maximum atomic E-state index is 12.1. The van der Waals surface area contributed by atoms with Gasteiger partial charge in [0.1, 0.15) is 0 Å². The first-order chi connectivity index (χ1) is 8.06. The summed E-state index contributed by atoms with van der Waals surface area (Å²) >= 11 is 4.98. The van der Waals surface area contributed by atoms with Gasteiger partial charge in [-0.3, -0.25) is 4.79 Å². The number of rotatable bonds is 3. The third-order valence-corrected chi connectivity index (χ3v) is 4.53. The summed E-state index contributed by atoms with van der Waals surface area (Å²) in [5.41, 5.74) is 2.29. The Morgan fingerprint density at radius 3 is 2.41 bits per heavy atom. The minimum Gasteiger partial charge on any atom is -0.293 e. The number of Topliss-reactive ketones (excluding diaryl/α,β-unsaturated/α-hetero) is 1. The molecule has 2 rings (SSSR count). The van der Waals surface area contributed by atoms with Crippen LogP contribution in [0.25, 0.3) is 0 Å². The molecule has 0 radical (unpaired) electrons. The van der Waals surface area contributed by atoms with Crippen LogP contribution in [0.3, 0.4) is 0 Å². The van der Waals surface area contributed by atoms with Crippen LogP contribution >= 0.6 is 27.3 Å². The van der Waals surface area contributed by atoms with Crippen LogP contribution in [-0.2, 0) is 6.42 Å². The highest BCUT2D eigenvalue weighted by atomic mass is 79.9. The highest BCUT2D eigenvalue weighted by Crippen LogP contribution is 2.28. The van der Waals surface area contributed by atoms with Crippen LogP contribution in [0.1, 0.15) is 25.7 Å². The monoisotopic (exact) mass is 308 g/mol. The Kier molecular flexibility index (Phi) is 3.79. The van der Waals surface area contributed by atoms with Gasteiger partial charge in [0.05, 0.1) is 4.88 Å². The van der Waals surface area contributed by atoms with Crippen molar-refractivity contribution in [1.82, 2.24) is 0 Å². The Bertz CT molecular complexity index is 540. The lowest BCUT2D eigenvalue weighted by Crippen LogP contribution is -2.01. The van der Waals surface area contributed by atoms with Crippen molar-refractivity contribution < 1.29 is 4.79 Å². The second-order valence-electron chi connectivity index (χ2n) is 4.12. The summed E-state index contributed by atoms with van der Waals surface area (Å²) in [4.78, 5) is 14.1. The zero-order valence-corrected chi connectivity index (χ0v) is 12.2. The van der Waals surface area contributed by atoms with E-state index in [9.17, 15) is 4.79 Å². The van der Waals surface area contributed by atoms with Crippen LogP contribution < -0.4 is 0 Å². The lowest BCUT2D eigenvalue weighted by atomic mass is 10.1. The second-order valence-corrected chi connectivity index (χ2v) is 6.23. The van der Waals surface area contributed by atoms with Crippen LogP contribution in [0.5, 0.6) is 0 Å². The van der Waals surface area contributed by atoms with E-state index in [0.29, 0.717) is 6.42 Å². The summed E-state index contributed by atoms with van der Waals surface area (Å²) in [7, 11) is 0. The van der Waals surface area contributed by atoms with Crippen LogP contribution in [0, 0.1) is 13.8 Å². The smallest absolute Gasteiger partial charge is 0.178 e. The molecule has 1 heterocycles. The third kappa shape index (κ3) is 3.05. The van der Waals surface area contributed by atoms with E-state index in [2.05, 4.69) is 15.9 Å². The lowest BCUT2D eigenvalue weighted by Gasteiger charge is -2.00. The van der Waals surface area contributed by atoms with E-state index in [-0.39, 0.29) is 5.78 Å². The van der Waals surface area contributed by atoms with Gasteiger partial charge in [0.15, 0.2) is 5.78 Å². The molecule has 0 amide bonds. The maximum Gasteiger partial charge on any atom is 0.178 e. The number of benzene rings is 1. The Morgan fingerprint density at radius 1 is 1.24 bits per heavy atom. The van der Waals surface area contributed by atoms with Gasteiger partial charge in [-0.2, -0.15) is 0 Å². The van der Waals surface area contributed by atoms with Crippen LogP contribution in [0.4, 0.5) is 0 Å². The number of halogens is 1. The molecule has 2 aromatic rings. The molecule has 0 bridgehead atoms. The number of hydrogen-bond acceptors (Lipinski definition) is 2. The lowest BCUT2D eigenvalue weighted by molar-refractivity contribution is 0.0996. The highest BCUT2D eigenvalue weighted by Gasteiger charge is 2.13. The molecule has 17 heavy (non-hydrogen) atoms. The molecular weight excluding hydrogens is 296 g/mol. The summed E-state index contributed by atoms with van der Waals surface area (Å²) in [6.07, 6.45) is 0.471. The van der Waals surface area contributed by atoms with Gasteiger partial charge in [0.2, 0.25) is 0 Å². The zero-order valence-electron chi connectivity index (χ0n) is 9.79. The average Bonchev–Trinajstić information content (AvgIpc) is 2.61. The van der Waals surface area contributed by atoms with Crippen molar-refractivity contribution in [3.8, 4) is 0 Å². The number of carbonyl (C=O) groups excluding carboxylic acids is 1. The zero-order chi connectivity index (χ0) is 12.4. The van der Waals surface area contributed by atoms with Crippen molar-refractivity contribution in [3.05, 3.63) is 55.7 Å². The standard InChI is InChI=1S/C14H13BrOS/c1-9-3-5-11(6-4-9)8-13(16)14-12(15)7-10(2)17-14/h3-7H,8H2,1-2H3. The predicted molar refractivity (Wildman–Crippen MR) is 76.0 cm³/mol. The van der Waals surface area contributed by atoms with E-state index in [1.54, 1.807) is 11.3 Å². The third-order valence-electron chi connectivity index (χ3n) is 2.55. The fourth-order valence-corrected chi connectivity index (χ4v) is 3.44. The minimum absolute atomic E-state index is 0.179. The molecule has 0 aliphatic carbocycles. The highest BCUT2D eigenvalue weighted by molar-refractivity contribution is 9.10. The molecule has 0 aliphatic rings. The molecule has 1 aromatic heterocycles. The van der Waals surface area contributed by atoms with Crippen molar-refractivity contribution in [1.29, 1.82) is 0 Å². The van der Waals surface area contributed by atoms with Gasteiger partial charge >= 0.3 is 0 Å². The average molecular weight is 309 g/mol. The summed E-state index contributed by atoms with van der Waals surface area (Å²) in [6, 6.07) is 10.1. The van der Waals surface area contributed by atoms with Gasteiger partial charge in [-0.05, 0) is 41.4 Å². The van der Waals surface area contributed by atoms with Crippen molar-refractivity contribution in [3.63, 3.8) is 0 Å². The van der Waals surface area contributed by atoms with Crippen molar-refractivity contribution in [2.24, 2.45) is 0 Å². The fourth-order valence-electron chi connectivity index (χ4n) is 1.64. The molecule has 0 saturated carbocycles. The summed E-state index contributed by atoms with van der Waals surface area (Å²) < 4.78 is 0.914. The van der Waals surface area contributed by atoms with E-state index in [1.165, 1.54) is 5.56 Å². The van der Waals surface area contributed by atoms with Crippen LogP contribution in [0.15, 0.2) is 34.8 Å². The molecule has 1 nitrogen and oxygen atoms in total. The van der Waals surface area contributed by atoms with E-state index in [0.717, 1.165) is 19.8 Å². The SMILES string of the molecule is Cc1ccc(CC(=O)c2sc(C)cc2Br)cc1. The molecule has 3 heteroatoms. The van der Waals surface area contributed by atoms with Gasteiger partial charge < -0.3 is 0 Å². The van der Waals surface area contributed by atoms with Gasteiger partial charge in [-0.25, -0.2) is 0 Å². The number of aryl methyl sites for hydroxylation is 2. The van der Waals surface area contributed by atoms with E-state index in [4.69, 9.17) is 0 Å². The first-order valence-corrected chi connectivity index (χ1v) is 7.02. The van der Waals surface area contributed by atoms with Gasteiger partial charge in [-0.15, -0.1) is 11.3 Å². The van der Waals surface area contributed by atoms with Gasteiger partial charge in [-0.1, -0.05) is 29.8 Å². The first kappa shape index (κ1) is 12.5. The molecule has 0 unspecified atom stereocenters. The molecule has 1 aromatic carbocycles. The van der Waals surface area contributed by atoms with Gasteiger partial charge in [0, 0.05) is 15.8 Å². The van der Waals surface area contributed by atoms with Crippen molar-refractivity contribution in [2.45, 2.75) is 20.3 Å². The van der Waals surface area contributed by atoms with Crippen molar-refractivity contribution >= 4 is 33.0 Å². The molecule has 88 valence electrons. The molecular formula is C14H13BrOS. The van der Waals surface area contributed by atoms with Crippen LogP contribution in [0.2, 0.25) is 0 Å². The molecule has 0 N–H and O–H groups in total. The van der Waals surface area contributed by atoms with E-state index in [1.807, 2.05) is 44.2 Å². The summed E-state index contributed by atoms with van der Waals surface area (Å²) in [6.45, 7) is 4.06. The largest absolute Gasteiger partial charge is 0.293 e. The Morgan fingerprint density at radius 2 is 1.88 bits per heavy atom. The fraction of sp³-hybridized carbons (Fsp3) is 0.214. The number of ketones is 1. The number of hydrogen-bond donors (Lipinski definition) is 0. The molecule has 0 aliphatic heterocycles. The summed E-state index contributed by atoms with van der Waals surface area (Å²) in [5, 5.41) is 0. The molecule has 0 fully saturated rings. The second kappa shape index (κ2) is 5.15. The maximum absolute atomic E-state index is 12.1. The quantitative estimate of drug-likeness (QED) is 0.760. The predicted octanol–water partition coefficient (Wildman–Crippen LogP) is 4.55. The molecule has 0 saturated heterocycles. The summed E-state index contributed by atoms with van der Waals surface area (Å²) in [5.74, 6) is 0.179. The topological polar surface area (TPSA) is 17.1 Å². The molecule has 0 atom stereocenters. The minimum atomic E-state index is 0.179. The molecule has 0 spiro atoms. The van der Waals surface area contributed by atoms with E-state index >= 15 is 0 Å². The Hall–Kier alpha value is -0.930. The number of carbonyl (C=O) groups is 1. The first-order valence-electron chi connectivity index (χ1n) is 5.41.